The van der Waals surface area contributed by atoms with Gasteiger partial charge in [0.1, 0.15) is 0 Å². The standard InChI is InChI=1S/C11H11ClOS/c1-7-2-3-8(5-12)10-4-9(6-13)14-11(7)10/h2-4,13H,5-6H2,1H3. The fourth-order valence-electron chi connectivity index (χ4n) is 1.56. The number of thiophene rings is 1. The molecule has 0 fully saturated rings. The number of aryl methyl sites for hydroxylation is 1. The Bertz CT molecular complexity index is 462. The Balaban J connectivity index is 2.74. The monoisotopic (exact) mass is 226 g/mol. The number of hydrogen-bond acceptors (Lipinski definition) is 2. The summed E-state index contributed by atoms with van der Waals surface area (Å²) in [4.78, 5) is 1.00. The van der Waals surface area contributed by atoms with E-state index in [1.165, 1.54) is 15.6 Å². The van der Waals surface area contributed by atoms with E-state index in [4.69, 9.17) is 16.7 Å². The van der Waals surface area contributed by atoms with Crippen molar-refractivity contribution in [3.63, 3.8) is 0 Å². The molecule has 1 N–H and O–H groups in total. The van der Waals surface area contributed by atoms with Crippen molar-refractivity contribution in [1.29, 1.82) is 0 Å². The van der Waals surface area contributed by atoms with E-state index in [1.54, 1.807) is 11.3 Å². The molecule has 0 aliphatic carbocycles. The lowest BCUT2D eigenvalue weighted by atomic mass is 10.1. The van der Waals surface area contributed by atoms with Crippen LogP contribution in [0, 0.1) is 6.92 Å². The normalized spacial score (nSPS) is 11.1. The fourth-order valence-corrected chi connectivity index (χ4v) is 2.82. The van der Waals surface area contributed by atoms with E-state index in [1.807, 2.05) is 6.07 Å². The third-order valence-corrected chi connectivity index (χ3v) is 3.86. The lowest BCUT2D eigenvalue weighted by molar-refractivity contribution is 0.285. The van der Waals surface area contributed by atoms with Crippen LogP contribution in [-0.2, 0) is 12.5 Å². The minimum absolute atomic E-state index is 0.112. The molecule has 0 bridgehead atoms. The van der Waals surface area contributed by atoms with Gasteiger partial charge in [0.15, 0.2) is 0 Å². The van der Waals surface area contributed by atoms with Crippen LogP contribution in [0.5, 0.6) is 0 Å². The molecule has 1 nitrogen and oxygen atoms in total. The van der Waals surface area contributed by atoms with E-state index >= 15 is 0 Å². The zero-order valence-corrected chi connectivity index (χ0v) is 9.45. The van der Waals surface area contributed by atoms with Crippen molar-refractivity contribution in [3.05, 3.63) is 34.2 Å². The van der Waals surface area contributed by atoms with Crippen molar-refractivity contribution in [2.75, 3.05) is 0 Å². The van der Waals surface area contributed by atoms with Gasteiger partial charge in [0.05, 0.1) is 6.61 Å². The van der Waals surface area contributed by atoms with Gasteiger partial charge in [0.2, 0.25) is 0 Å². The zero-order chi connectivity index (χ0) is 10.1. The van der Waals surface area contributed by atoms with Crippen LogP contribution in [0.4, 0.5) is 0 Å². The third kappa shape index (κ3) is 1.54. The number of benzene rings is 1. The highest BCUT2D eigenvalue weighted by molar-refractivity contribution is 7.19. The quantitative estimate of drug-likeness (QED) is 0.778. The van der Waals surface area contributed by atoms with E-state index in [-0.39, 0.29) is 6.61 Å². The Hall–Kier alpha value is -0.570. The second-order valence-corrected chi connectivity index (χ2v) is 4.69. The van der Waals surface area contributed by atoms with Crippen molar-refractivity contribution < 1.29 is 5.11 Å². The van der Waals surface area contributed by atoms with Crippen LogP contribution in [0.1, 0.15) is 16.0 Å². The first-order chi connectivity index (χ1) is 6.76. The van der Waals surface area contributed by atoms with E-state index in [2.05, 4.69) is 19.1 Å². The molecule has 2 rings (SSSR count). The first kappa shape index (κ1) is 9.97. The van der Waals surface area contributed by atoms with Crippen LogP contribution in [0.3, 0.4) is 0 Å². The van der Waals surface area contributed by atoms with Crippen molar-refractivity contribution in [2.45, 2.75) is 19.4 Å². The summed E-state index contributed by atoms with van der Waals surface area (Å²) in [5.41, 5.74) is 2.39. The van der Waals surface area contributed by atoms with E-state index < -0.39 is 0 Å². The van der Waals surface area contributed by atoms with Gasteiger partial charge in [-0.3, -0.25) is 0 Å². The summed E-state index contributed by atoms with van der Waals surface area (Å²) in [5, 5.41) is 10.3. The highest BCUT2D eigenvalue weighted by atomic mass is 35.5. The average molecular weight is 227 g/mol. The number of fused-ring (bicyclic) bond motifs is 1. The Morgan fingerprint density at radius 3 is 2.86 bits per heavy atom. The van der Waals surface area contributed by atoms with Gasteiger partial charge in [0, 0.05) is 15.5 Å². The van der Waals surface area contributed by atoms with Crippen molar-refractivity contribution >= 4 is 33.0 Å². The lowest BCUT2D eigenvalue weighted by Gasteiger charge is -2.00. The molecule has 0 saturated carbocycles. The maximum Gasteiger partial charge on any atom is 0.0774 e. The smallest absolute Gasteiger partial charge is 0.0774 e. The van der Waals surface area contributed by atoms with Crippen LogP contribution in [0.2, 0.25) is 0 Å². The maximum atomic E-state index is 9.07. The predicted octanol–water partition coefficient (Wildman–Crippen LogP) is 3.44. The number of halogens is 1. The van der Waals surface area contributed by atoms with Gasteiger partial charge < -0.3 is 5.11 Å². The first-order valence-corrected chi connectivity index (χ1v) is 5.79. The Morgan fingerprint density at radius 2 is 2.21 bits per heavy atom. The summed E-state index contributed by atoms with van der Waals surface area (Å²) in [6.45, 7) is 2.19. The van der Waals surface area contributed by atoms with Gasteiger partial charge >= 0.3 is 0 Å². The highest BCUT2D eigenvalue weighted by Crippen LogP contribution is 2.31. The Morgan fingerprint density at radius 1 is 1.43 bits per heavy atom. The lowest BCUT2D eigenvalue weighted by Crippen LogP contribution is -1.80. The second-order valence-electron chi connectivity index (χ2n) is 3.29. The van der Waals surface area contributed by atoms with Gasteiger partial charge in [-0.1, -0.05) is 12.1 Å². The molecule has 1 heterocycles. The number of hydrogen-bond donors (Lipinski definition) is 1. The molecular formula is C11H11ClOS. The molecule has 0 unspecified atom stereocenters. The number of alkyl halides is 1. The van der Waals surface area contributed by atoms with Crippen LogP contribution < -0.4 is 0 Å². The molecule has 0 aliphatic rings. The average Bonchev–Trinajstić information content (AvgIpc) is 2.63. The Kier molecular flexibility index (Phi) is 2.77. The van der Waals surface area contributed by atoms with E-state index in [9.17, 15) is 0 Å². The van der Waals surface area contributed by atoms with Gasteiger partial charge in [0.25, 0.3) is 0 Å². The first-order valence-electron chi connectivity index (χ1n) is 4.44. The predicted molar refractivity (Wildman–Crippen MR) is 62.0 cm³/mol. The largest absolute Gasteiger partial charge is 0.391 e. The summed E-state index contributed by atoms with van der Waals surface area (Å²) in [5.74, 6) is 0.526. The van der Waals surface area contributed by atoms with Gasteiger partial charge in [-0.15, -0.1) is 22.9 Å². The topological polar surface area (TPSA) is 20.2 Å². The summed E-state index contributed by atoms with van der Waals surface area (Å²) < 4.78 is 1.24. The third-order valence-electron chi connectivity index (χ3n) is 2.32. The molecule has 2 aromatic rings. The SMILES string of the molecule is Cc1ccc(CCl)c2cc(CO)sc12. The summed E-state index contributed by atoms with van der Waals surface area (Å²) in [7, 11) is 0. The maximum absolute atomic E-state index is 9.07. The van der Waals surface area contributed by atoms with Crippen LogP contribution in [0.25, 0.3) is 10.1 Å². The van der Waals surface area contributed by atoms with Crippen molar-refractivity contribution in [2.24, 2.45) is 0 Å². The summed E-state index contributed by atoms with van der Waals surface area (Å²) >= 11 is 7.50. The molecule has 0 spiro atoms. The van der Waals surface area contributed by atoms with Crippen molar-refractivity contribution in [1.82, 2.24) is 0 Å². The van der Waals surface area contributed by atoms with Crippen LogP contribution >= 0.6 is 22.9 Å². The Labute approximate surface area is 91.9 Å². The minimum atomic E-state index is 0.112. The molecule has 0 aliphatic heterocycles. The molecule has 0 amide bonds. The fraction of sp³-hybridized carbons (Fsp3) is 0.273. The number of rotatable bonds is 2. The van der Waals surface area contributed by atoms with Crippen LogP contribution in [0.15, 0.2) is 18.2 Å². The molecular weight excluding hydrogens is 216 g/mol. The molecule has 0 saturated heterocycles. The second kappa shape index (κ2) is 3.89. The van der Waals surface area contributed by atoms with Crippen LogP contribution in [-0.4, -0.2) is 5.11 Å². The zero-order valence-electron chi connectivity index (χ0n) is 7.88. The minimum Gasteiger partial charge on any atom is -0.391 e. The molecule has 0 atom stereocenters. The summed E-state index contributed by atoms with van der Waals surface area (Å²) in [6, 6.07) is 6.17. The van der Waals surface area contributed by atoms with Gasteiger partial charge in [-0.25, -0.2) is 0 Å². The molecule has 74 valence electrons. The molecule has 0 radical (unpaired) electrons. The molecule has 3 heteroatoms. The molecule has 14 heavy (non-hydrogen) atoms. The number of aliphatic hydroxyl groups is 1. The van der Waals surface area contributed by atoms with E-state index in [0.717, 1.165) is 10.4 Å². The molecule has 1 aromatic carbocycles. The number of aliphatic hydroxyl groups excluding tert-OH is 1. The highest BCUT2D eigenvalue weighted by Gasteiger charge is 2.07. The van der Waals surface area contributed by atoms with Crippen molar-refractivity contribution in [3.8, 4) is 0 Å². The van der Waals surface area contributed by atoms with Gasteiger partial charge in [-0.05, 0) is 29.5 Å². The van der Waals surface area contributed by atoms with Gasteiger partial charge in [-0.2, -0.15) is 0 Å². The summed E-state index contributed by atoms with van der Waals surface area (Å²) in [6.07, 6.45) is 0. The molecule has 1 aromatic heterocycles. The van der Waals surface area contributed by atoms with E-state index in [0.29, 0.717) is 5.88 Å².